The van der Waals surface area contributed by atoms with Crippen LogP contribution in [0.25, 0.3) is 0 Å². The molecule has 0 aromatic rings. The Hall–Kier alpha value is -0.520. The minimum Gasteiger partial charge on any atom is -0.0885 e. The lowest BCUT2D eigenvalue weighted by Gasteiger charge is -2.31. The second kappa shape index (κ2) is 32.4. The van der Waals surface area contributed by atoms with Crippen molar-refractivity contribution in [3.8, 4) is 0 Å². The van der Waals surface area contributed by atoms with Crippen LogP contribution < -0.4 is 0 Å². The summed E-state index contributed by atoms with van der Waals surface area (Å²) in [5.41, 5.74) is 0.476. The molecule has 0 saturated heterocycles. The van der Waals surface area contributed by atoms with Gasteiger partial charge in [0.25, 0.3) is 0 Å². The molecule has 0 aromatic heterocycles. The fraction of sp³-hybridized carbons (Fsp3) is 0.902. The Morgan fingerprint density at radius 3 is 0.854 bits per heavy atom. The van der Waals surface area contributed by atoms with Crippen LogP contribution in [-0.4, -0.2) is 0 Å². The van der Waals surface area contributed by atoms with Crippen molar-refractivity contribution in [3.63, 3.8) is 0 Å². The topological polar surface area (TPSA) is 0 Å². The second-order valence-electron chi connectivity index (χ2n) is 14.5. The lowest BCUT2D eigenvalue weighted by Crippen LogP contribution is -2.20. The fourth-order valence-electron chi connectivity index (χ4n) is 6.29. The van der Waals surface area contributed by atoms with Gasteiger partial charge in [-0.25, -0.2) is 0 Å². The number of hydrogen-bond donors (Lipinski definition) is 0. The Labute approximate surface area is 262 Å². The third kappa shape index (κ3) is 32.2. The highest BCUT2D eigenvalue weighted by Gasteiger charge is 2.23. The molecule has 0 spiro atoms. The maximum Gasteiger partial charge on any atom is -0.0351 e. The number of unbranched alkanes of at least 4 members (excludes halogenated alkanes) is 24. The SMILES string of the molecule is CCCCCCCC/C=C\CCCCCCCCC(CCCCCCCC/C=C\CCCCCCCC)C(C)(C)C. The number of rotatable bonds is 32. The molecule has 0 heteroatoms. The molecule has 0 bridgehead atoms. The van der Waals surface area contributed by atoms with Crippen LogP contribution in [-0.2, 0) is 0 Å². The van der Waals surface area contributed by atoms with Gasteiger partial charge in [0, 0.05) is 0 Å². The average molecular weight is 573 g/mol. The molecule has 41 heavy (non-hydrogen) atoms. The molecule has 0 N–H and O–H groups in total. The molecule has 0 aromatic carbocycles. The van der Waals surface area contributed by atoms with Gasteiger partial charge in [0.05, 0.1) is 0 Å². The first-order valence-corrected chi connectivity index (χ1v) is 19.3. The Morgan fingerprint density at radius 1 is 0.341 bits per heavy atom. The van der Waals surface area contributed by atoms with Crippen molar-refractivity contribution in [1.29, 1.82) is 0 Å². The highest BCUT2D eigenvalue weighted by molar-refractivity contribution is 4.82. The molecule has 0 unspecified atom stereocenters. The van der Waals surface area contributed by atoms with Crippen LogP contribution in [0.1, 0.15) is 227 Å². The van der Waals surface area contributed by atoms with Gasteiger partial charge in [0.15, 0.2) is 0 Å². The maximum atomic E-state index is 2.48. The Morgan fingerprint density at radius 2 is 0.585 bits per heavy atom. The molecule has 0 atom stereocenters. The summed E-state index contributed by atoms with van der Waals surface area (Å²) < 4.78 is 0. The monoisotopic (exact) mass is 573 g/mol. The summed E-state index contributed by atoms with van der Waals surface area (Å²) in [6.45, 7) is 12.0. The van der Waals surface area contributed by atoms with Gasteiger partial charge in [-0.3, -0.25) is 0 Å². The van der Waals surface area contributed by atoms with Gasteiger partial charge < -0.3 is 0 Å². The van der Waals surface area contributed by atoms with Crippen molar-refractivity contribution in [1.82, 2.24) is 0 Å². The van der Waals surface area contributed by atoms with Crippen molar-refractivity contribution in [3.05, 3.63) is 24.3 Å². The quantitative estimate of drug-likeness (QED) is 0.0555. The molecule has 244 valence electrons. The molecule has 0 aliphatic rings. The Bertz CT molecular complexity index is 491. The minimum absolute atomic E-state index is 0.476. The maximum absolute atomic E-state index is 2.48. The number of allylic oxidation sites excluding steroid dienone is 4. The van der Waals surface area contributed by atoms with Crippen molar-refractivity contribution >= 4 is 0 Å². The van der Waals surface area contributed by atoms with E-state index in [1.807, 2.05) is 0 Å². The molecule has 0 nitrogen and oxygen atoms in total. The van der Waals surface area contributed by atoms with Gasteiger partial charge in [-0.05, 0) is 75.5 Å². The van der Waals surface area contributed by atoms with Crippen LogP contribution in [0, 0.1) is 11.3 Å². The van der Waals surface area contributed by atoms with Gasteiger partial charge in [0.1, 0.15) is 0 Å². The van der Waals surface area contributed by atoms with E-state index in [4.69, 9.17) is 0 Å². The fourth-order valence-corrected chi connectivity index (χ4v) is 6.29. The van der Waals surface area contributed by atoms with Crippen molar-refractivity contribution in [2.24, 2.45) is 11.3 Å². The summed E-state index contributed by atoms with van der Waals surface area (Å²) in [6, 6.07) is 0. The average Bonchev–Trinajstić information content (AvgIpc) is 2.95. The van der Waals surface area contributed by atoms with Gasteiger partial charge in [-0.2, -0.15) is 0 Å². The van der Waals surface area contributed by atoms with Crippen LogP contribution >= 0.6 is 0 Å². The Kier molecular flexibility index (Phi) is 32.0. The summed E-state index contributed by atoms with van der Waals surface area (Å²) in [5.74, 6) is 0.913. The summed E-state index contributed by atoms with van der Waals surface area (Å²) >= 11 is 0. The lowest BCUT2D eigenvalue weighted by molar-refractivity contribution is 0.201. The minimum atomic E-state index is 0.476. The normalized spacial score (nSPS) is 12.5. The van der Waals surface area contributed by atoms with Crippen LogP contribution in [0.3, 0.4) is 0 Å². The van der Waals surface area contributed by atoms with Crippen molar-refractivity contribution < 1.29 is 0 Å². The molecule has 0 aliphatic heterocycles. The third-order valence-electron chi connectivity index (χ3n) is 9.35. The molecule has 0 rings (SSSR count). The van der Waals surface area contributed by atoms with E-state index in [2.05, 4.69) is 58.9 Å². The molecule has 0 fully saturated rings. The summed E-state index contributed by atoms with van der Waals surface area (Å²) in [5, 5.41) is 0. The zero-order chi connectivity index (χ0) is 30.1. The summed E-state index contributed by atoms with van der Waals surface area (Å²) in [6.07, 6.45) is 52.1. The van der Waals surface area contributed by atoms with E-state index < -0.39 is 0 Å². The zero-order valence-electron chi connectivity index (χ0n) is 29.6. The first-order valence-electron chi connectivity index (χ1n) is 19.3. The molecular formula is C41H80. The van der Waals surface area contributed by atoms with E-state index in [1.165, 1.54) is 193 Å². The number of hydrogen-bond acceptors (Lipinski definition) is 0. The van der Waals surface area contributed by atoms with Crippen LogP contribution in [0.5, 0.6) is 0 Å². The third-order valence-corrected chi connectivity index (χ3v) is 9.35. The molecule has 0 heterocycles. The van der Waals surface area contributed by atoms with Crippen LogP contribution in [0.15, 0.2) is 24.3 Å². The molecule has 0 amide bonds. The largest absolute Gasteiger partial charge is 0.0885 e. The predicted molar refractivity (Wildman–Crippen MR) is 191 cm³/mol. The Balaban J connectivity index is 3.59. The highest BCUT2D eigenvalue weighted by atomic mass is 14.3. The highest BCUT2D eigenvalue weighted by Crippen LogP contribution is 2.34. The van der Waals surface area contributed by atoms with E-state index >= 15 is 0 Å². The predicted octanol–water partition coefficient (Wildman–Crippen LogP) is 15.5. The van der Waals surface area contributed by atoms with Gasteiger partial charge in [-0.15, -0.1) is 0 Å². The smallest absolute Gasteiger partial charge is 0.0351 e. The van der Waals surface area contributed by atoms with Gasteiger partial charge in [-0.1, -0.05) is 187 Å². The second-order valence-corrected chi connectivity index (χ2v) is 14.5. The first kappa shape index (κ1) is 40.5. The molecule has 0 radical (unpaired) electrons. The summed E-state index contributed by atoms with van der Waals surface area (Å²) in [7, 11) is 0. The van der Waals surface area contributed by atoms with Crippen molar-refractivity contribution in [2.75, 3.05) is 0 Å². The van der Waals surface area contributed by atoms with Gasteiger partial charge >= 0.3 is 0 Å². The van der Waals surface area contributed by atoms with Crippen LogP contribution in [0.2, 0.25) is 0 Å². The summed E-state index contributed by atoms with van der Waals surface area (Å²) in [4.78, 5) is 0. The van der Waals surface area contributed by atoms with E-state index in [0.717, 1.165) is 5.92 Å². The van der Waals surface area contributed by atoms with E-state index in [1.54, 1.807) is 0 Å². The first-order chi connectivity index (χ1) is 20.0. The molecular weight excluding hydrogens is 492 g/mol. The van der Waals surface area contributed by atoms with Gasteiger partial charge in [0.2, 0.25) is 0 Å². The zero-order valence-corrected chi connectivity index (χ0v) is 29.6. The van der Waals surface area contributed by atoms with Crippen LogP contribution in [0.4, 0.5) is 0 Å². The van der Waals surface area contributed by atoms with Crippen molar-refractivity contribution in [2.45, 2.75) is 227 Å². The molecule has 0 saturated carbocycles. The van der Waals surface area contributed by atoms with E-state index in [-0.39, 0.29) is 0 Å². The molecule has 0 aliphatic carbocycles. The standard InChI is InChI=1S/C41H80/c1-6-8-10-12-14-16-18-20-22-24-26-28-30-32-34-36-38-40(41(3,4)5)39-37-35-33-31-29-27-25-23-21-19-17-15-13-11-9-7-2/h20-23,40H,6-19,24-39H2,1-5H3/b22-20-,23-21-. The lowest BCUT2D eigenvalue weighted by atomic mass is 9.75. The van der Waals surface area contributed by atoms with E-state index in [0.29, 0.717) is 5.41 Å². The van der Waals surface area contributed by atoms with E-state index in [9.17, 15) is 0 Å².